The smallest absolute Gasteiger partial charge is 0.0998 e. The van der Waals surface area contributed by atoms with Gasteiger partial charge in [-0.3, -0.25) is 0 Å². The van der Waals surface area contributed by atoms with Gasteiger partial charge in [0.25, 0.3) is 0 Å². The van der Waals surface area contributed by atoms with Crippen LogP contribution < -0.4 is 0 Å². The van der Waals surface area contributed by atoms with Gasteiger partial charge in [-0.15, -0.1) is 0 Å². The van der Waals surface area contributed by atoms with Crippen molar-refractivity contribution in [1.82, 2.24) is 9.13 Å². The van der Waals surface area contributed by atoms with E-state index in [0.29, 0.717) is 22.3 Å². The van der Waals surface area contributed by atoms with E-state index in [4.69, 9.17) is 0 Å². The summed E-state index contributed by atoms with van der Waals surface area (Å²) in [5.41, 5.74) is 27.8. The molecule has 12 aromatic rings. The zero-order chi connectivity index (χ0) is 51.1. The Bertz CT molecular complexity index is 3920. The van der Waals surface area contributed by atoms with Crippen LogP contribution in [-0.4, -0.2) is 9.13 Å². The van der Waals surface area contributed by atoms with Crippen molar-refractivity contribution in [1.29, 1.82) is 10.5 Å². The maximum absolute atomic E-state index is 10.9. The molecule has 0 bridgehead atoms. The molecule has 0 aliphatic carbocycles. The molecule has 12 rings (SSSR count). The summed E-state index contributed by atoms with van der Waals surface area (Å²) < 4.78 is 4.63. The molecule has 0 aliphatic rings. The highest BCUT2D eigenvalue weighted by atomic mass is 15.0. The lowest BCUT2D eigenvalue weighted by atomic mass is 9.94. The van der Waals surface area contributed by atoms with Crippen molar-refractivity contribution in [3.63, 3.8) is 0 Å². The average molecular weight is 951 g/mol. The standard InChI is InChI=1S/C70H54N4/c1-41-9-21-57(45(5)29-41)49-15-25-67-63(33-49)64-34-50(58-22-10-42(2)30-46(58)6)16-26-68(64)73(67)55-19-13-53(39-71)61(37-55)62-38-56(20-14-54(62)40-72)74-69-27-17-51(59-23-11-43(3)31-47(59)7)35-65(69)66-36-52(18-28-70(66)74)60-24-12-44(4)32-48(60)8/h9-38H,1-8H3. The van der Waals surface area contributed by atoms with Crippen molar-refractivity contribution >= 4 is 43.6 Å². The number of aryl methyl sites for hydroxylation is 8. The normalized spacial score (nSPS) is 11.5. The summed E-state index contributed by atoms with van der Waals surface area (Å²) in [6.45, 7) is 17.3. The molecule has 0 unspecified atom stereocenters. The molecule has 0 atom stereocenters. The van der Waals surface area contributed by atoms with Crippen molar-refractivity contribution in [2.45, 2.75) is 55.4 Å². The summed E-state index contributed by atoms with van der Waals surface area (Å²) in [7, 11) is 0. The lowest BCUT2D eigenvalue weighted by Crippen LogP contribution is -1.99. The molecular weight excluding hydrogens is 897 g/mol. The van der Waals surface area contributed by atoms with Crippen molar-refractivity contribution in [2.24, 2.45) is 0 Å². The van der Waals surface area contributed by atoms with Crippen LogP contribution in [0.5, 0.6) is 0 Å². The Morgan fingerprint density at radius 1 is 0.270 bits per heavy atom. The molecule has 0 radical (unpaired) electrons. The summed E-state index contributed by atoms with van der Waals surface area (Å²) >= 11 is 0. The molecule has 10 aromatic carbocycles. The monoisotopic (exact) mass is 950 g/mol. The number of aromatic nitrogens is 2. The molecular formula is C70H54N4. The van der Waals surface area contributed by atoms with Crippen LogP contribution >= 0.6 is 0 Å². The Morgan fingerprint density at radius 2 is 0.541 bits per heavy atom. The summed E-state index contributed by atoms with van der Waals surface area (Å²) in [5.74, 6) is 0. The number of hydrogen-bond acceptors (Lipinski definition) is 2. The fourth-order valence-electron chi connectivity index (χ4n) is 11.8. The third kappa shape index (κ3) is 7.67. The third-order valence-corrected chi connectivity index (χ3v) is 15.4. The molecule has 2 aromatic heterocycles. The second-order valence-electron chi connectivity index (χ2n) is 20.6. The van der Waals surface area contributed by atoms with Crippen molar-refractivity contribution in [3.8, 4) is 79.1 Å². The summed E-state index contributed by atoms with van der Waals surface area (Å²) in [5, 5.41) is 26.3. The highest BCUT2D eigenvalue weighted by Gasteiger charge is 2.21. The first-order valence-corrected chi connectivity index (χ1v) is 25.4. The fraction of sp³-hybridized carbons (Fsp3) is 0.114. The third-order valence-electron chi connectivity index (χ3n) is 15.4. The van der Waals surface area contributed by atoms with Crippen LogP contribution in [0.25, 0.3) is 111 Å². The first-order valence-electron chi connectivity index (χ1n) is 25.4. The highest BCUT2D eigenvalue weighted by Crippen LogP contribution is 2.43. The topological polar surface area (TPSA) is 57.4 Å². The molecule has 74 heavy (non-hydrogen) atoms. The Balaban J connectivity index is 1.06. The molecule has 0 amide bonds. The van der Waals surface area contributed by atoms with Crippen LogP contribution in [-0.2, 0) is 0 Å². The van der Waals surface area contributed by atoms with Gasteiger partial charge >= 0.3 is 0 Å². The van der Waals surface area contributed by atoms with E-state index in [9.17, 15) is 10.5 Å². The van der Waals surface area contributed by atoms with Gasteiger partial charge in [-0.05, 0) is 207 Å². The number of nitrogens with zero attached hydrogens (tertiary/aromatic N) is 4. The first kappa shape index (κ1) is 45.9. The van der Waals surface area contributed by atoms with Crippen molar-refractivity contribution in [3.05, 3.63) is 238 Å². The maximum atomic E-state index is 10.9. The van der Waals surface area contributed by atoms with E-state index in [1.54, 1.807) is 0 Å². The van der Waals surface area contributed by atoms with Crippen molar-refractivity contribution in [2.75, 3.05) is 0 Å². The Hall–Kier alpha value is -9.22. The molecule has 0 saturated heterocycles. The Labute approximate surface area is 433 Å². The average Bonchev–Trinajstić information content (AvgIpc) is 3.90. The molecule has 4 nitrogen and oxygen atoms in total. The number of hydrogen-bond donors (Lipinski definition) is 0. The summed E-state index contributed by atoms with van der Waals surface area (Å²) in [4.78, 5) is 0. The molecule has 2 heterocycles. The zero-order valence-electron chi connectivity index (χ0n) is 43.1. The Kier molecular flexibility index (Phi) is 11.0. The van der Waals surface area contributed by atoms with E-state index < -0.39 is 0 Å². The second-order valence-corrected chi connectivity index (χ2v) is 20.6. The van der Waals surface area contributed by atoms with Crippen LogP contribution in [0, 0.1) is 78.1 Å². The SMILES string of the molecule is Cc1ccc(-c2ccc3c(c2)c2cc(-c4ccc(C)cc4C)ccc2n3-c2ccc(C#N)c(-c3cc(-n4c5ccc(-c6ccc(C)cc6C)cc5c5cc(-c6ccc(C)cc6C)ccc54)ccc3C#N)c2)c(C)c1. The number of benzene rings is 10. The van der Waals surface area contributed by atoms with Crippen LogP contribution in [0.1, 0.15) is 55.6 Å². The lowest BCUT2D eigenvalue weighted by Gasteiger charge is -2.15. The minimum Gasteiger partial charge on any atom is -0.309 e. The van der Waals surface area contributed by atoms with E-state index in [1.165, 1.54) is 66.8 Å². The minimum absolute atomic E-state index is 0.496. The lowest BCUT2D eigenvalue weighted by molar-refractivity contribution is 1.17. The van der Waals surface area contributed by atoms with Crippen LogP contribution in [0.2, 0.25) is 0 Å². The van der Waals surface area contributed by atoms with Gasteiger partial charge in [0.05, 0.1) is 45.3 Å². The van der Waals surface area contributed by atoms with Gasteiger partial charge in [0, 0.05) is 44.0 Å². The van der Waals surface area contributed by atoms with E-state index in [1.807, 2.05) is 24.3 Å². The molecule has 0 saturated carbocycles. The van der Waals surface area contributed by atoms with Gasteiger partial charge in [-0.25, -0.2) is 0 Å². The number of nitriles is 2. The van der Waals surface area contributed by atoms with E-state index in [-0.39, 0.29) is 0 Å². The molecule has 354 valence electrons. The van der Waals surface area contributed by atoms with Crippen molar-refractivity contribution < 1.29 is 0 Å². The van der Waals surface area contributed by atoms with Gasteiger partial charge in [-0.2, -0.15) is 10.5 Å². The van der Waals surface area contributed by atoms with Gasteiger partial charge < -0.3 is 9.13 Å². The zero-order valence-corrected chi connectivity index (χ0v) is 43.1. The second kappa shape index (κ2) is 17.8. The largest absolute Gasteiger partial charge is 0.309 e. The van der Waals surface area contributed by atoms with E-state index in [0.717, 1.165) is 77.2 Å². The molecule has 4 heteroatoms. The summed E-state index contributed by atoms with van der Waals surface area (Å²) in [6.07, 6.45) is 0. The van der Waals surface area contributed by atoms with E-state index in [2.05, 4.69) is 234 Å². The van der Waals surface area contributed by atoms with Gasteiger partial charge in [0.2, 0.25) is 0 Å². The number of fused-ring (bicyclic) bond motifs is 6. The molecule has 0 N–H and O–H groups in total. The fourth-order valence-corrected chi connectivity index (χ4v) is 11.8. The Morgan fingerprint density at radius 3 is 0.784 bits per heavy atom. The van der Waals surface area contributed by atoms with Gasteiger partial charge in [-0.1, -0.05) is 119 Å². The number of rotatable bonds is 7. The molecule has 0 aliphatic heterocycles. The van der Waals surface area contributed by atoms with Crippen LogP contribution in [0.3, 0.4) is 0 Å². The van der Waals surface area contributed by atoms with Crippen LogP contribution in [0.4, 0.5) is 0 Å². The highest BCUT2D eigenvalue weighted by molar-refractivity contribution is 6.13. The van der Waals surface area contributed by atoms with Crippen LogP contribution in [0.15, 0.2) is 182 Å². The molecule has 0 fully saturated rings. The predicted molar refractivity (Wildman–Crippen MR) is 310 cm³/mol. The minimum atomic E-state index is 0.496. The first-order chi connectivity index (χ1) is 35.8. The van der Waals surface area contributed by atoms with Gasteiger partial charge in [0.1, 0.15) is 0 Å². The van der Waals surface area contributed by atoms with Gasteiger partial charge in [0.15, 0.2) is 0 Å². The molecule has 0 spiro atoms. The van der Waals surface area contributed by atoms with E-state index >= 15 is 0 Å². The predicted octanol–water partition coefficient (Wildman–Crippen LogP) is 18.4. The maximum Gasteiger partial charge on any atom is 0.0998 e. The summed E-state index contributed by atoms with van der Waals surface area (Å²) in [6, 6.07) is 71.0. The quantitative estimate of drug-likeness (QED) is 0.160.